The van der Waals surface area contributed by atoms with Crippen molar-refractivity contribution in [3.05, 3.63) is 77.2 Å². The van der Waals surface area contributed by atoms with E-state index in [0.717, 1.165) is 17.3 Å². The first kappa shape index (κ1) is 24.6. The van der Waals surface area contributed by atoms with Gasteiger partial charge in [0.15, 0.2) is 0 Å². The number of amides is 1. The lowest BCUT2D eigenvalue weighted by molar-refractivity contribution is -0.117. The number of ether oxygens (including phenoxy) is 2. The highest BCUT2D eigenvalue weighted by Crippen LogP contribution is 2.24. The maximum Gasteiger partial charge on any atom is 0.291 e. The van der Waals surface area contributed by atoms with Crippen molar-refractivity contribution in [2.45, 2.75) is 6.17 Å². The van der Waals surface area contributed by atoms with Crippen LogP contribution in [-0.4, -0.2) is 74.1 Å². The summed E-state index contributed by atoms with van der Waals surface area (Å²) < 4.78 is 10.9. The molecule has 1 atom stereocenters. The predicted molar refractivity (Wildman–Crippen MR) is 139 cm³/mol. The van der Waals surface area contributed by atoms with Gasteiger partial charge in [0.2, 0.25) is 12.0 Å². The number of rotatable bonds is 5. The third-order valence-electron chi connectivity index (χ3n) is 5.61. The van der Waals surface area contributed by atoms with E-state index in [2.05, 4.69) is 20.3 Å². The molecule has 2 aliphatic heterocycles. The van der Waals surface area contributed by atoms with Crippen molar-refractivity contribution in [3.8, 4) is 0 Å². The molecule has 1 amide bonds. The molecule has 2 aromatic carbocycles. The lowest BCUT2D eigenvalue weighted by Crippen LogP contribution is -2.42. The third-order valence-corrected chi connectivity index (χ3v) is 5.61. The van der Waals surface area contributed by atoms with Gasteiger partial charge in [0.25, 0.3) is 11.9 Å². The SMILES string of the molecule is CN=C(C(C=N)=C(N)OC(N)=NC1N=C(c2ccccc2)c2ccccc2NC1=O)N1CCOCC1. The summed E-state index contributed by atoms with van der Waals surface area (Å²) >= 11 is 0. The first-order valence-electron chi connectivity index (χ1n) is 11.4. The standard InChI is InChI=1S/C25H28N8O3/c1-29-23(33-11-13-35-14-12-33)18(15-26)21(27)36-25(28)32-22-24(34)30-19-10-6-5-9-17(19)20(31-22)16-7-3-2-4-8-16/h2-10,15,22,26H,11-14,27H2,1H3,(H2,28,32)(H,30,34). The van der Waals surface area contributed by atoms with E-state index in [9.17, 15) is 4.79 Å². The van der Waals surface area contributed by atoms with Gasteiger partial charge in [-0.05, 0) is 6.07 Å². The normalized spacial score (nSPS) is 19.4. The second-order valence-electron chi connectivity index (χ2n) is 7.89. The van der Waals surface area contributed by atoms with Gasteiger partial charge in [-0.2, -0.15) is 4.99 Å². The fraction of sp³-hybridized carbons (Fsp3) is 0.240. The molecule has 2 heterocycles. The van der Waals surface area contributed by atoms with Crippen molar-refractivity contribution in [2.24, 2.45) is 26.4 Å². The molecule has 0 bridgehead atoms. The van der Waals surface area contributed by atoms with Crippen LogP contribution in [0.25, 0.3) is 0 Å². The van der Waals surface area contributed by atoms with E-state index in [4.69, 9.17) is 26.4 Å². The minimum Gasteiger partial charge on any atom is -0.409 e. The van der Waals surface area contributed by atoms with E-state index in [1.54, 1.807) is 13.1 Å². The Bertz CT molecular complexity index is 1250. The Morgan fingerprint density at radius 3 is 2.56 bits per heavy atom. The predicted octanol–water partition coefficient (Wildman–Crippen LogP) is 1.31. The van der Waals surface area contributed by atoms with Crippen LogP contribution in [0.1, 0.15) is 11.1 Å². The summed E-state index contributed by atoms with van der Waals surface area (Å²) in [4.78, 5) is 28.0. The highest BCUT2D eigenvalue weighted by Gasteiger charge is 2.26. The van der Waals surface area contributed by atoms with E-state index in [-0.39, 0.29) is 17.5 Å². The number of hydrogen-bond acceptors (Lipinski definition) is 8. The summed E-state index contributed by atoms with van der Waals surface area (Å²) in [7, 11) is 1.60. The lowest BCUT2D eigenvalue weighted by Gasteiger charge is -2.30. The van der Waals surface area contributed by atoms with Crippen molar-refractivity contribution in [2.75, 3.05) is 38.7 Å². The van der Waals surface area contributed by atoms with Gasteiger partial charge in [0.1, 0.15) is 5.84 Å². The van der Waals surface area contributed by atoms with Gasteiger partial charge in [-0.1, -0.05) is 48.5 Å². The molecule has 186 valence electrons. The number of hydrogen-bond donors (Lipinski definition) is 4. The summed E-state index contributed by atoms with van der Waals surface area (Å²) in [6.45, 7) is 2.27. The summed E-state index contributed by atoms with van der Waals surface area (Å²) in [5.41, 5.74) is 15.2. The molecule has 0 radical (unpaired) electrons. The molecule has 0 aromatic heterocycles. The quantitative estimate of drug-likeness (QED) is 0.282. The number of aliphatic imine (C=N–C) groups is 3. The van der Waals surface area contributed by atoms with Crippen molar-refractivity contribution < 1.29 is 14.3 Å². The number of nitrogens with two attached hydrogens (primary N) is 2. The Balaban J connectivity index is 1.65. The largest absolute Gasteiger partial charge is 0.409 e. The molecule has 1 saturated heterocycles. The second kappa shape index (κ2) is 11.3. The number of para-hydroxylation sites is 1. The van der Waals surface area contributed by atoms with Crippen molar-refractivity contribution in [1.29, 1.82) is 5.41 Å². The van der Waals surface area contributed by atoms with Crippen molar-refractivity contribution in [3.63, 3.8) is 0 Å². The first-order chi connectivity index (χ1) is 17.5. The van der Waals surface area contributed by atoms with E-state index in [0.29, 0.717) is 43.5 Å². The van der Waals surface area contributed by atoms with Gasteiger partial charge in [-0.3, -0.25) is 9.79 Å². The molecule has 11 heteroatoms. The second-order valence-corrected chi connectivity index (χ2v) is 7.89. The van der Waals surface area contributed by atoms with E-state index in [1.165, 1.54) is 0 Å². The number of carbonyl (C=O) groups excluding carboxylic acids is 1. The average molecular weight is 489 g/mol. The van der Waals surface area contributed by atoms with Crippen molar-refractivity contribution in [1.82, 2.24) is 4.90 Å². The number of carbonyl (C=O) groups is 1. The fourth-order valence-electron chi connectivity index (χ4n) is 3.93. The number of nitrogens with zero attached hydrogens (tertiary/aromatic N) is 4. The highest BCUT2D eigenvalue weighted by molar-refractivity contribution is 6.19. The molecule has 0 saturated carbocycles. The minimum absolute atomic E-state index is 0.164. The summed E-state index contributed by atoms with van der Waals surface area (Å²) in [6.07, 6.45) is -0.177. The molecule has 1 unspecified atom stereocenters. The number of amidine groups is 2. The number of anilines is 1. The summed E-state index contributed by atoms with van der Waals surface area (Å²) in [5.74, 6) is -0.160. The molecule has 36 heavy (non-hydrogen) atoms. The van der Waals surface area contributed by atoms with Crippen LogP contribution in [0.4, 0.5) is 5.69 Å². The molecule has 4 rings (SSSR count). The number of morpholine rings is 1. The summed E-state index contributed by atoms with van der Waals surface area (Å²) in [5, 5.41) is 10.7. The molecule has 1 fully saturated rings. The molecule has 0 aliphatic carbocycles. The molecule has 0 spiro atoms. The van der Waals surface area contributed by atoms with Crippen LogP contribution in [0.5, 0.6) is 0 Å². The molecule has 2 aliphatic rings. The van der Waals surface area contributed by atoms with Crippen LogP contribution >= 0.6 is 0 Å². The first-order valence-corrected chi connectivity index (χ1v) is 11.4. The Morgan fingerprint density at radius 1 is 1.17 bits per heavy atom. The number of benzodiazepines with no additional fused rings is 1. The molecular weight excluding hydrogens is 460 g/mol. The fourth-order valence-corrected chi connectivity index (χ4v) is 3.93. The van der Waals surface area contributed by atoms with Gasteiger partial charge in [-0.15, -0.1) is 0 Å². The van der Waals surface area contributed by atoms with Crippen LogP contribution in [0.3, 0.4) is 0 Å². The zero-order valence-electron chi connectivity index (χ0n) is 19.8. The maximum absolute atomic E-state index is 13.0. The van der Waals surface area contributed by atoms with Crippen LogP contribution < -0.4 is 16.8 Å². The molecule has 11 nitrogen and oxygen atoms in total. The van der Waals surface area contributed by atoms with E-state index < -0.39 is 12.1 Å². The number of fused-ring (bicyclic) bond motifs is 1. The van der Waals surface area contributed by atoms with Gasteiger partial charge >= 0.3 is 0 Å². The number of nitrogens with one attached hydrogen (secondary N) is 2. The van der Waals surface area contributed by atoms with Crippen LogP contribution in [0.2, 0.25) is 0 Å². The van der Waals surface area contributed by atoms with E-state index in [1.807, 2.05) is 53.4 Å². The van der Waals surface area contributed by atoms with Gasteiger partial charge < -0.3 is 36.6 Å². The molecule has 2 aromatic rings. The van der Waals surface area contributed by atoms with Gasteiger partial charge in [-0.25, -0.2) is 4.99 Å². The van der Waals surface area contributed by atoms with Crippen LogP contribution in [0.15, 0.2) is 81.0 Å². The topological polar surface area (TPSA) is 164 Å². The van der Waals surface area contributed by atoms with Crippen molar-refractivity contribution >= 4 is 35.4 Å². The van der Waals surface area contributed by atoms with Gasteiger partial charge in [0, 0.05) is 37.5 Å². The van der Waals surface area contributed by atoms with Crippen LogP contribution in [-0.2, 0) is 14.3 Å². The van der Waals surface area contributed by atoms with Crippen LogP contribution in [0, 0.1) is 5.41 Å². The average Bonchev–Trinajstić information content (AvgIpc) is 3.04. The number of benzene rings is 2. The third kappa shape index (κ3) is 5.41. The Kier molecular flexibility index (Phi) is 7.71. The van der Waals surface area contributed by atoms with Gasteiger partial charge in [0.05, 0.1) is 30.2 Å². The monoisotopic (exact) mass is 488 g/mol. The maximum atomic E-state index is 13.0. The Hall–Kier alpha value is -4.51. The zero-order valence-corrected chi connectivity index (χ0v) is 19.8. The molecule has 6 N–H and O–H groups in total. The summed E-state index contributed by atoms with van der Waals surface area (Å²) in [6, 6.07) is 16.5. The lowest BCUT2D eigenvalue weighted by atomic mass is 10.0. The molecular formula is C25H28N8O3. The minimum atomic E-state index is -1.22. The zero-order chi connectivity index (χ0) is 25.5. The highest BCUT2D eigenvalue weighted by atomic mass is 16.5. The Morgan fingerprint density at radius 2 is 1.86 bits per heavy atom. The Labute approximate surface area is 208 Å². The van der Waals surface area contributed by atoms with E-state index >= 15 is 0 Å². The smallest absolute Gasteiger partial charge is 0.291 e.